The van der Waals surface area contributed by atoms with E-state index in [9.17, 15) is 0 Å². The molecule has 0 atom stereocenters. The molecule has 0 amide bonds. The van der Waals surface area contributed by atoms with Crippen molar-refractivity contribution in [3.05, 3.63) is 0 Å². The standard InChI is InChI=1S/2C6H16Si.H2O/c2*1-6(2,3)7(4)5;/h2*7H,1-5H3;1H2. The molecule has 0 rings (SSSR count). The average Bonchev–Trinajstić information content (AvgIpc) is 1.83. The Bertz CT molecular complexity index is 123. The quantitative estimate of drug-likeness (QED) is 0.587. The van der Waals surface area contributed by atoms with Gasteiger partial charge in [0.1, 0.15) is 0 Å². The molecule has 0 radical (unpaired) electrons. The van der Waals surface area contributed by atoms with Gasteiger partial charge in [-0.1, -0.05) is 67.7 Å². The van der Waals surface area contributed by atoms with Crippen LogP contribution in [0.25, 0.3) is 0 Å². The predicted octanol–water partition coefficient (Wildman–Crippen LogP) is 3.72. The Morgan fingerprint density at radius 1 is 0.533 bits per heavy atom. The molecule has 0 saturated carbocycles. The van der Waals surface area contributed by atoms with Crippen LogP contribution in [-0.4, -0.2) is 23.1 Å². The lowest BCUT2D eigenvalue weighted by Crippen LogP contribution is -2.16. The third-order valence-corrected chi connectivity index (χ3v) is 10.4. The minimum absolute atomic E-state index is 0. The molecule has 0 heterocycles. The lowest BCUT2D eigenvalue weighted by molar-refractivity contribution is 0.741. The van der Waals surface area contributed by atoms with Gasteiger partial charge in [0.2, 0.25) is 0 Å². The summed E-state index contributed by atoms with van der Waals surface area (Å²) in [5.41, 5.74) is 0. The second-order valence-electron chi connectivity index (χ2n) is 7.04. The molecule has 0 saturated heterocycles. The summed E-state index contributed by atoms with van der Waals surface area (Å²) in [5, 5.41) is 1.28. The highest BCUT2D eigenvalue weighted by molar-refractivity contribution is 6.59. The minimum atomic E-state index is -0.359. The molecule has 0 bridgehead atoms. The summed E-state index contributed by atoms with van der Waals surface area (Å²) in [5.74, 6) is 0. The van der Waals surface area contributed by atoms with Crippen molar-refractivity contribution in [1.82, 2.24) is 0 Å². The number of hydrogen-bond donors (Lipinski definition) is 0. The second-order valence-corrected chi connectivity index (χ2v) is 15.1. The summed E-state index contributed by atoms with van der Waals surface area (Å²) in [6, 6.07) is 0. The molecule has 0 aliphatic rings. The van der Waals surface area contributed by atoms with Crippen LogP contribution in [0.4, 0.5) is 0 Å². The highest BCUT2D eigenvalue weighted by Gasteiger charge is 2.15. The molecule has 0 fully saturated rings. The molecule has 0 aromatic heterocycles. The van der Waals surface area contributed by atoms with Gasteiger partial charge in [-0.15, -0.1) is 0 Å². The van der Waals surface area contributed by atoms with E-state index in [-0.39, 0.29) is 23.1 Å². The van der Waals surface area contributed by atoms with Crippen molar-refractivity contribution in [2.45, 2.75) is 77.8 Å². The van der Waals surface area contributed by atoms with Gasteiger partial charge in [0.25, 0.3) is 0 Å². The molecule has 0 aromatic rings. The first-order chi connectivity index (χ1) is 5.89. The summed E-state index contributed by atoms with van der Waals surface area (Å²) in [7, 11) is -0.718. The predicted molar refractivity (Wildman–Crippen MR) is 80.8 cm³/mol. The Kier molecular flexibility index (Phi) is 10.6. The Morgan fingerprint density at radius 3 is 0.600 bits per heavy atom. The summed E-state index contributed by atoms with van der Waals surface area (Å²) in [4.78, 5) is 0. The van der Waals surface area contributed by atoms with Crippen LogP contribution in [-0.2, 0) is 0 Å². The van der Waals surface area contributed by atoms with Crippen molar-refractivity contribution < 1.29 is 5.48 Å². The minimum Gasteiger partial charge on any atom is -0.412 e. The van der Waals surface area contributed by atoms with Crippen LogP contribution in [0.1, 0.15) is 41.5 Å². The van der Waals surface area contributed by atoms with E-state index in [1.165, 1.54) is 0 Å². The van der Waals surface area contributed by atoms with Gasteiger partial charge in [-0.05, 0) is 10.1 Å². The van der Waals surface area contributed by atoms with Gasteiger partial charge in [0.05, 0.1) is 0 Å². The van der Waals surface area contributed by atoms with E-state index < -0.39 is 0 Å². The highest BCUT2D eigenvalue weighted by atomic mass is 28.3. The van der Waals surface area contributed by atoms with Crippen molar-refractivity contribution >= 4 is 17.6 Å². The first kappa shape index (κ1) is 20.8. The Labute approximate surface area is 101 Å². The maximum Gasteiger partial charge on any atom is 0.0361 e. The Morgan fingerprint density at radius 2 is 0.600 bits per heavy atom. The fourth-order valence-electron chi connectivity index (χ4n) is 0. The van der Waals surface area contributed by atoms with Crippen molar-refractivity contribution in [2.24, 2.45) is 0 Å². The van der Waals surface area contributed by atoms with E-state index >= 15 is 0 Å². The second kappa shape index (κ2) is 7.63. The van der Waals surface area contributed by atoms with Crippen LogP contribution in [0, 0.1) is 0 Å². The lowest BCUT2D eigenvalue weighted by atomic mass is 10.2. The van der Waals surface area contributed by atoms with E-state index in [0.717, 1.165) is 0 Å². The van der Waals surface area contributed by atoms with Crippen molar-refractivity contribution in [1.29, 1.82) is 0 Å². The SMILES string of the molecule is C[SiH](C)C(C)(C)C.C[SiH](C)C(C)(C)C.O. The molecular weight excluding hydrogens is 216 g/mol. The smallest absolute Gasteiger partial charge is 0.0361 e. The maximum atomic E-state index is 2.39. The van der Waals surface area contributed by atoms with Gasteiger partial charge >= 0.3 is 0 Å². The van der Waals surface area contributed by atoms with Crippen LogP contribution in [0.2, 0.25) is 36.3 Å². The third-order valence-electron chi connectivity index (χ3n) is 3.46. The monoisotopic (exact) mass is 250 g/mol. The lowest BCUT2D eigenvalue weighted by Gasteiger charge is -2.21. The summed E-state index contributed by atoms with van der Waals surface area (Å²) in [6.45, 7) is 23.5. The Balaban J connectivity index is -0.000000180. The van der Waals surface area contributed by atoms with Crippen molar-refractivity contribution in [3.63, 3.8) is 0 Å². The van der Waals surface area contributed by atoms with E-state index in [2.05, 4.69) is 67.7 Å². The summed E-state index contributed by atoms with van der Waals surface area (Å²) in [6.07, 6.45) is 0. The van der Waals surface area contributed by atoms with E-state index in [4.69, 9.17) is 0 Å². The number of hydrogen-bond acceptors (Lipinski definition) is 0. The zero-order valence-electron chi connectivity index (χ0n) is 12.7. The van der Waals surface area contributed by atoms with E-state index in [0.29, 0.717) is 10.1 Å². The molecule has 15 heavy (non-hydrogen) atoms. The van der Waals surface area contributed by atoms with Gasteiger partial charge in [0, 0.05) is 17.6 Å². The topological polar surface area (TPSA) is 31.5 Å². The third kappa shape index (κ3) is 14.4. The normalized spacial score (nSPS) is 12.0. The van der Waals surface area contributed by atoms with Crippen LogP contribution in [0.3, 0.4) is 0 Å². The van der Waals surface area contributed by atoms with Crippen molar-refractivity contribution in [2.75, 3.05) is 0 Å². The molecule has 1 nitrogen and oxygen atoms in total. The molecule has 2 N–H and O–H groups in total. The van der Waals surface area contributed by atoms with Gasteiger partial charge in [-0.2, -0.15) is 0 Å². The zero-order chi connectivity index (χ0) is 12.2. The highest BCUT2D eigenvalue weighted by Crippen LogP contribution is 2.26. The number of rotatable bonds is 0. The largest absolute Gasteiger partial charge is 0.412 e. The molecule has 96 valence electrons. The fourth-order valence-corrected chi connectivity index (χ4v) is 0. The Hall–Kier alpha value is 0.394. The first-order valence-electron chi connectivity index (χ1n) is 5.89. The summed E-state index contributed by atoms with van der Waals surface area (Å²) >= 11 is 0. The molecule has 0 aliphatic carbocycles. The molecular formula is C12H34OSi2. The average molecular weight is 251 g/mol. The molecule has 0 aromatic carbocycles. The zero-order valence-corrected chi connectivity index (χ0v) is 15.0. The van der Waals surface area contributed by atoms with E-state index in [1.54, 1.807) is 0 Å². The molecule has 0 spiro atoms. The van der Waals surface area contributed by atoms with Crippen LogP contribution in [0.15, 0.2) is 0 Å². The first-order valence-corrected chi connectivity index (χ1v) is 11.7. The fraction of sp³-hybridized carbons (Fsp3) is 1.00. The van der Waals surface area contributed by atoms with E-state index in [1.807, 2.05) is 0 Å². The van der Waals surface area contributed by atoms with Crippen LogP contribution >= 0.6 is 0 Å². The van der Waals surface area contributed by atoms with Crippen LogP contribution < -0.4 is 0 Å². The molecule has 3 heteroatoms. The van der Waals surface area contributed by atoms with Gasteiger partial charge < -0.3 is 5.48 Å². The van der Waals surface area contributed by atoms with Crippen LogP contribution in [0.5, 0.6) is 0 Å². The van der Waals surface area contributed by atoms with Gasteiger partial charge in [-0.25, -0.2) is 0 Å². The molecule has 0 aliphatic heterocycles. The van der Waals surface area contributed by atoms with Crippen molar-refractivity contribution in [3.8, 4) is 0 Å². The molecule has 0 unspecified atom stereocenters. The summed E-state index contributed by atoms with van der Waals surface area (Å²) < 4.78 is 0. The van der Waals surface area contributed by atoms with Gasteiger partial charge in [-0.3, -0.25) is 0 Å². The van der Waals surface area contributed by atoms with Gasteiger partial charge in [0.15, 0.2) is 0 Å². The maximum absolute atomic E-state index is 2.39.